The number of hydrogen-bond acceptors (Lipinski definition) is 5. The van der Waals surface area contributed by atoms with Gasteiger partial charge in [-0.15, -0.1) is 11.3 Å². The van der Waals surface area contributed by atoms with Crippen LogP contribution < -0.4 is 10.6 Å². The van der Waals surface area contributed by atoms with Gasteiger partial charge < -0.3 is 15.2 Å². The van der Waals surface area contributed by atoms with Crippen molar-refractivity contribution in [3.05, 3.63) is 33.6 Å². The van der Waals surface area contributed by atoms with Crippen LogP contribution in [0.5, 0.6) is 0 Å². The number of thiazole rings is 1. The van der Waals surface area contributed by atoms with Gasteiger partial charge >= 0.3 is 6.18 Å². The van der Waals surface area contributed by atoms with Crippen LogP contribution in [-0.4, -0.2) is 29.2 Å². The molecule has 0 saturated heterocycles. The molecule has 0 amide bonds. The lowest BCUT2D eigenvalue weighted by molar-refractivity contribution is -0.140. The molecule has 0 spiro atoms. The Morgan fingerprint density at radius 3 is 2.69 bits per heavy atom. The zero-order chi connectivity index (χ0) is 19.2. The molecule has 0 aliphatic carbocycles. The number of aliphatic imine (C=N–C) groups is 1. The van der Waals surface area contributed by atoms with Gasteiger partial charge in [-0.05, 0) is 12.8 Å². The molecule has 10 heteroatoms. The molecule has 0 aliphatic heterocycles. The van der Waals surface area contributed by atoms with Gasteiger partial charge in [0.25, 0.3) is 0 Å². The summed E-state index contributed by atoms with van der Waals surface area (Å²) in [5.41, 5.74) is 0.0294. The van der Waals surface area contributed by atoms with Crippen molar-refractivity contribution in [2.45, 2.75) is 45.8 Å². The van der Waals surface area contributed by atoms with Crippen molar-refractivity contribution in [2.24, 2.45) is 4.99 Å². The zero-order valence-corrected chi connectivity index (χ0v) is 15.7. The van der Waals surface area contributed by atoms with Gasteiger partial charge in [0.1, 0.15) is 6.54 Å². The second-order valence-corrected chi connectivity index (χ2v) is 6.81. The highest BCUT2D eigenvalue weighted by molar-refractivity contribution is 7.09. The average molecular weight is 389 g/mol. The van der Waals surface area contributed by atoms with E-state index in [4.69, 9.17) is 4.52 Å². The van der Waals surface area contributed by atoms with Crippen LogP contribution in [0.1, 0.15) is 48.8 Å². The number of nitrogens with zero attached hydrogens (tertiary/aromatic N) is 3. The van der Waals surface area contributed by atoms with Crippen LogP contribution in [0.4, 0.5) is 13.2 Å². The molecule has 6 nitrogen and oxygen atoms in total. The molecule has 2 aromatic rings. The molecule has 144 valence electrons. The van der Waals surface area contributed by atoms with Gasteiger partial charge in [0.2, 0.25) is 0 Å². The molecule has 2 rings (SSSR count). The van der Waals surface area contributed by atoms with E-state index in [0.29, 0.717) is 42.8 Å². The Labute approximate surface area is 153 Å². The molecular formula is C16H22F3N5OS. The summed E-state index contributed by atoms with van der Waals surface area (Å²) in [7, 11) is 0. The average Bonchev–Trinajstić information content (AvgIpc) is 3.21. The van der Waals surface area contributed by atoms with Crippen molar-refractivity contribution in [1.29, 1.82) is 0 Å². The predicted molar refractivity (Wildman–Crippen MR) is 94.2 cm³/mol. The maximum Gasteiger partial charge on any atom is 0.434 e. The zero-order valence-electron chi connectivity index (χ0n) is 14.9. The Hall–Kier alpha value is -2.10. The van der Waals surface area contributed by atoms with Crippen molar-refractivity contribution in [3.8, 4) is 0 Å². The Bertz CT molecular complexity index is 724. The molecule has 0 atom stereocenters. The molecule has 0 aliphatic rings. The quantitative estimate of drug-likeness (QED) is 0.559. The third-order valence-corrected chi connectivity index (χ3v) is 4.29. The highest BCUT2D eigenvalue weighted by Crippen LogP contribution is 2.30. The molecule has 26 heavy (non-hydrogen) atoms. The van der Waals surface area contributed by atoms with Crippen molar-refractivity contribution in [3.63, 3.8) is 0 Å². The first-order valence-electron chi connectivity index (χ1n) is 8.28. The van der Waals surface area contributed by atoms with Crippen LogP contribution in [0, 0.1) is 0 Å². The molecule has 2 aromatic heterocycles. The maximum atomic E-state index is 12.6. The first-order valence-corrected chi connectivity index (χ1v) is 9.16. The van der Waals surface area contributed by atoms with Crippen molar-refractivity contribution < 1.29 is 17.7 Å². The number of rotatable bonds is 7. The highest BCUT2D eigenvalue weighted by Gasteiger charge is 2.33. The van der Waals surface area contributed by atoms with E-state index in [9.17, 15) is 13.2 Å². The van der Waals surface area contributed by atoms with Crippen LogP contribution in [0.25, 0.3) is 0 Å². The molecule has 2 heterocycles. The number of aromatic nitrogens is 2. The van der Waals surface area contributed by atoms with Crippen LogP contribution in [0.3, 0.4) is 0 Å². The number of halogens is 3. The summed E-state index contributed by atoms with van der Waals surface area (Å²) >= 11 is 1.00. The van der Waals surface area contributed by atoms with Crippen molar-refractivity contribution in [1.82, 2.24) is 20.8 Å². The molecule has 0 unspecified atom stereocenters. The molecule has 0 radical (unpaired) electrons. The van der Waals surface area contributed by atoms with Crippen LogP contribution in [-0.2, 0) is 19.1 Å². The van der Waals surface area contributed by atoms with Gasteiger partial charge in [0.05, 0.1) is 10.7 Å². The van der Waals surface area contributed by atoms with Gasteiger partial charge in [-0.3, -0.25) is 0 Å². The highest BCUT2D eigenvalue weighted by atomic mass is 32.1. The minimum Gasteiger partial charge on any atom is -0.359 e. The lowest BCUT2D eigenvalue weighted by Crippen LogP contribution is -2.38. The van der Waals surface area contributed by atoms with E-state index in [-0.39, 0.29) is 5.92 Å². The van der Waals surface area contributed by atoms with Crippen LogP contribution >= 0.6 is 11.3 Å². The Morgan fingerprint density at radius 2 is 2.12 bits per heavy atom. The minimum absolute atomic E-state index is 0.280. The molecule has 0 fully saturated rings. The molecule has 0 aromatic carbocycles. The predicted octanol–water partition coefficient (Wildman–Crippen LogP) is 3.57. The summed E-state index contributed by atoms with van der Waals surface area (Å²) in [6.45, 7) is 7.39. The molecular weight excluding hydrogens is 367 g/mol. The number of hydrogen-bond donors (Lipinski definition) is 2. The normalized spacial score (nSPS) is 12.7. The lowest BCUT2D eigenvalue weighted by Gasteiger charge is -2.10. The van der Waals surface area contributed by atoms with Crippen molar-refractivity contribution in [2.75, 3.05) is 13.1 Å². The van der Waals surface area contributed by atoms with E-state index in [1.807, 2.05) is 26.8 Å². The Morgan fingerprint density at radius 1 is 1.35 bits per heavy atom. The summed E-state index contributed by atoms with van der Waals surface area (Å²) in [4.78, 5) is 8.00. The number of nitrogens with one attached hydrogen (secondary N) is 2. The molecule has 2 N–H and O–H groups in total. The van der Waals surface area contributed by atoms with E-state index in [0.717, 1.165) is 22.4 Å². The third-order valence-electron chi connectivity index (χ3n) is 3.38. The number of guanidine groups is 1. The van der Waals surface area contributed by atoms with E-state index in [2.05, 4.69) is 25.8 Å². The summed E-state index contributed by atoms with van der Waals surface area (Å²) < 4.78 is 42.9. The fourth-order valence-electron chi connectivity index (χ4n) is 2.02. The monoisotopic (exact) mass is 389 g/mol. The van der Waals surface area contributed by atoms with E-state index in [1.165, 1.54) is 0 Å². The second-order valence-electron chi connectivity index (χ2n) is 5.87. The molecule has 0 bridgehead atoms. The summed E-state index contributed by atoms with van der Waals surface area (Å²) in [6.07, 6.45) is -4.02. The number of alkyl halides is 3. The van der Waals surface area contributed by atoms with Crippen LogP contribution in [0.2, 0.25) is 0 Å². The maximum absolute atomic E-state index is 12.6. The SMILES string of the molecule is CCNC(=NCc1cc(C(C)C)no1)NCCc1nc(C(F)(F)F)cs1. The van der Waals surface area contributed by atoms with Crippen molar-refractivity contribution >= 4 is 17.3 Å². The topological polar surface area (TPSA) is 75.3 Å². The minimum atomic E-state index is -4.40. The fraction of sp³-hybridized carbons (Fsp3) is 0.562. The molecule has 0 saturated carbocycles. The van der Waals surface area contributed by atoms with Crippen LogP contribution in [0.15, 0.2) is 21.0 Å². The largest absolute Gasteiger partial charge is 0.434 e. The van der Waals surface area contributed by atoms with Gasteiger partial charge in [-0.2, -0.15) is 13.2 Å². The first-order chi connectivity index (χ1) is 12.3. The first kappa shape index (κ1) is 20.2. The van der Waals surface area contributed by atoms with E-state index in [1.54, 1.807) is 0 Å². The van der Waals surface area contributed by atoms with Gasteiger partial charge in [-0.25, -0.2) is 9.98 Å². The summed E-state index contributed by atoms with van der Waals surface area (Å²) in [6, 6.07) is 1.87. The summed E-state index contributed by atoms with van der Waals surface area (Å²) in [5, 5.41) is 11.6. The van der Waals surface area contributed by atoms with Gasteiger partial charge in [-0.1, -0.05) is 19.0 Å². The smallest absolute Gasteiger partial charge is 0.359 e. The third kappa shape index (κ3) is 6.01. The van der Waals surface area contributed by atoms with Gasteiger partial charge in [0.15, 0.2) is 17.4 Å². The van der Waals surface area contributed by atoms with Gasteiger partial charge in [0, 0.05) is 31.0 Å². The van der Waals surface area contributed by atoms with E-state index >= 15 is 0 Å². The second kappa shape index (κ2) is 9.02. The van der Waals surface area contributed by atoms with E-state index < -0.39 is 11.9 Å². The Kier molecular flexibility index (Phi) is 7.01. The fourth-order valence-corrected chi connectivity index (χ4v) is 2.82. The lowest BCUT2D eigenvalue weighted by atomic mass is 10.1. The summed E-state index contributed by atoms with van der Waals surface area (Å²) in [5.74, 6) is 1.49. The standard InChI is InChI=1S/C16H22F3N5OS/c1-4-20-15(22-8-11-7-12(10(2)3)24-25-11)21-6-5-14-23-13(9-26-14)16(17,18)19/h7,9-10H,4-6,8H2,1-3H3,(H2,20,21,22). The Balaban J connectivity index is 1.87.